The van der Waals surface area contributed by atoms with Gasteiger partial charge in [0.15, 0.2) is 11.6 Å². The van der Waals surface area contributed by atoms with E-state index in [1.165, 1.54) is 12.1 Å². The number of ether oxygens (including phenoxy) is 1. The van der Waals surface area contributed by atoms with Crippen molar-refractivity contribution in [2.75, 3.05) is 32.0 Å². The van der Waals surface area contributed by atoms with Gasteiger partial charge in [0.05, 0.1) is 12.3 Å². The molecule has 1 atom stereocenters. The zero-order valence-corrected chi connectivity index (χ0v) is 18.2. The molecule has 3 rings (SSSR count). The first kappa shape index (κ1) is 23.2. The predicted octanol–water partition coefficient (Wildman–Crippen LogP) is 2.84. The summed E-state index contributed by atoms with van der Waals surface area (Å²) in [4.78, 5) is 8.96. The largest absolute Gasteiger partial charge is 0.482 e. The van der Waals surface area contributed by atoms with E-state index in [-0.39, 0.29) is 25.5 Å². The highest BCUT2D eigenvalue weighted by molar-refractivity contribution is 6.10. The maximum atomic E-state index is 14.2. The van der Waals surface area contributed by atoms with E-state index in [1.807, 2.05) is 0 Å². The predicted molar refractivity (Wildman–Crippen MR) is 123 cm³/mol. The summed E-state index contributed by atoms with van der Waals surface area (Å²) in [6.45, 7) is 3.45. The number of allylic oxidation sites excluding steroid dienone is 2. The Labute approximate surface area is 186 Å². The van der Waals surface area contributed by atoms with E-state index in [1.54, 1.807) is 38.3 Å². The summed E-state index contributed by atoms with van der Waals surface area (Å²) in [5.74, 6) is 0.103. The number of hydrogen-bond donors (Lipinski definition) is 4. The number of aliphatic imine (C=N–C) groups is 1. The van der Waals surface area contributed by atoms with Crippen LogP contribution >= 0.6 is 0 Å². The highest BCUT2D eigenvalue weighted by atomic mass is 19.1. The Morgan fingerprint density at radius 3 is 2.81 bits per heavy atom. The molecule has 2 bridgehead atoms. The first-order valence-electron chi connectivity index (χ1n) is 10.3. The molecule has 1 aromatic carbocycles. The lowest BCUT2D eigenvalue weighted by molar-refractivity contribution is 0.227. The summed E-state index contributed by atoms with van der Waals surface area (Å²) >= 11 is 0. The Kier molecular flexibility index (Phi) is 7.42. The summed E-state index contributed by atoms with van der Waals surface area (Å²) in [7, 11) is 0. The number of hydrogen-bond acceptors (Lipinski definition) is 7. The minimum absolute atomic E-state index is 0.0935. The van der Waals surface area contributed by atoms with Gasteiger partial charge in [0.25, 0.3) is 0 Å². The Morgan fingerprint density at radius 1 is 1.34 bits per heavy atom. The topological polar surface area (TPSA) is 125 Å². The van der Waals surface area contributed by atoms with Crippen LogP contribution in [0.4, 0.5) is 14.6 Å². The van der Waals surface area contributed by atoms with Crippen LogP contribution in [0.1, 0.15) is 36.6 Å². The highest BCUT2D eigenvalue weighted by Gasteiger charge is 2.20. The summed E-state index contributed by atoms with van der Waals surface area (Å²) in [6, 6.07) is 6.12. The molecule has 7 nitrogen and oxygen atoms in total. The number of rotatable bonds is 5. The number of nitrogen functional groups attached to an aromatic ring is 1. The lowest BCUT2D eigenvalue weighted by atomic mass is 9.97. The Balaban J connectivity index is 2.29. The zero-order chi connectivity index (χ0) is 23.3. The molecule has 0 fully saturated rings. The number of halogens is 2. The van der Waals surface area contributed by atoms with Gasteiger partial charge in [-0.3, -0.25) is 4.99 Å². The molecule has 2 heterocycles. The van der Waals surface area contributed by atoms with E-state index in [9.17, 15) is 8.78 Å². The number of nitrogens with zero attached hydrogens (tertiary/aromatic N) is 2. The average Bonchev–Trinajstić information content (AvgIpc) is 2.76. The Hall–Kier alpha value is -3.46. The molecule has 0 saturated heterocycles. The van der Waals surface area contributed by atoms with Gasteiger partial charge in [-0.15, -0.1) is 0 Å². The van der Waals surface area contributed by atoms with Crippen LogP contribution in [0.15, 0.2) is 52.8 Å². The summed E-state index contributed by atoms with van der Waals surface area (Å²) < 4.78 is 33.2. The fourth-order valence-corrected chi connectivity index (χ4v) is 3.50. The minimum Gasteiger partial charge on any atom is -0.482 e. The monoisotopic (exact) mass is 442 g/mol. The van der Waals surface area contributed by atoms with Crippen molar-refractivity contribution < 1.29 is 13.5 Å². The molecule has 1 aromatic heterocycles. The SMILES string of the molecule is CC(N)=CC1=NC/C(CN)=C(/NCCF)c2cnc(N)c(c2)OC(C)c2cc(F)ccc21. The molecule has 0 saturated carbocycles. The third-order valence-corrected chi connectivity index (χ3v) is 5.00. The van der Waals surface area contributed by atoms with Crippen LogP contribution in [0.3, 0.4) is 0 Å². The van der Waals surface area contributed by atoms with Gasteiger partial charge in [0, 0.05) is 47.4 Å². The minimum atomic E-state index is -0.573. The molecule has 7 N–H and O–H groups in total. The lowest BCUT2D eigenvalue weighted by Crippen LogP contribution is -2.22. The van der Waals surface area contributed by atoms with Crippen molar-refractivity contribution in [3.63, 3.8) is 0 Å². The van der Waals surface area contributed by atoms with Crippen molar-refractivity contribution in [3.8, 4) is 5.75 Å². The molecule has 170 valence electrons. The summed E-state index contributed by atoms with van der Waals surface area (Å²) in [6.07, 6.45) is 2.71. The van der Waals surface area contributed by atoms with Crippen LogP contribution in [-0.2, 0) is 0 Å². The lowest BCUT2D eigenvalue weighted by Gasteiger charge is -2.22. The van der Waals surface area contributed by atoms with Crippen LogP contribution in [0.25, 0.3) is 5.70 Å². The van der Waals surface area contributed by atoms with E-state index in [2.05, 4.69) is 10.3 Å². The van der Waals surface area contributed by atoms with Gasteiger partial charge in [-0.25, -0.2) is 13.8 Å². The summed E-state index contributed by atoms with van der Waals surface area (Å²) in [5, 5.41) is 3.08. The summed E-state index contributed by atoms with van der Waals surface area (Å²) in [5.41, 5.74) is 22.4. The average molecular weight is 443 g/mol. The van der Waals surface area contributed by atoms with Crippen molar-refractivity contribution in [1.29, 1.82) is 0 Å². The number of nitrogens with one attached hydrogen (secondary N) is 1. The number of anilines is 1. The molecule has 0 amide bonds. The molecule has 0 radical (unpaired) electrons. The first-order valence-corrected chi connectivity index (χ1v) is 10.3. The number of nitrogens with two attached hydrogens (primary N) is 3. The van der Waals surface area contributed by atoms with E-state index in [4.69, 9.17) is 26.9 Å². The number of alkyl halides is 1. The normalized spacial score (nSPS) is 19.2. The number of aromatic nitrogens is 1. The highest BCUT2D eigenvalue weighted by Crippen LogP contribution is 2.32. The zero-order valence-electron chi connectivity index (χ0n) is 18.2. The third-order valence-electron chi connectivity index (χ3n) is 5.00. The van der Waals surface area contributed by atoms with Crippen molar-refractivity contribution >= 4 is 17.2 Å². The van der Waals surface area contributed by atoms with Crippen LogP contribution in [-0.4, -0.2) is 37.0 Å². The van der Waals surface area contributed by atoms with E-state index in [0.717, 1.165) is 5.57 Å². The Bertz CT molecular complexity index is 1080. The van der Waals surface area contributed by atoms with Gasteiger partial charge in [0.1, 0.15) is 18.6 Å². The van der Waals surface area contributed by atoms with Crippen molar-refractivity contribution in [1.82, 2.24) is 10.3 Å². The molecule has 0 aliphatic carbocycles. The van der Waals surface area contributed by atoms with Crippen LogP contribution in [0, 0.1) is 5.82 Å². The quantitative estimate of drug-likeness (QED) is 0.564. The molecule has 1 unspecified atom stereocenters. The molecule has 9 heteroatoms. The van der Waals surface area contributed by atoms with Crippen molar-refractivity contribution in [3.05, 3.63) is 70.3 Å². The fraction of sp³-hybridized carbons (Fsp3) is 0.304. The Morgan fingerprint density at radius 2 is 2.12 bits per heavy atom. The first-order chi connectivity index (χ1) is 15.3. The number of fused-ring (bicyclic) bond motifs is 3. The van der Waals surface area contributed by atoms with Gasteiger partial charge in [-0.05, 0) is 49.8 Å². The molecule has 32 heavy (non-hydrogen) atoms. The second-order valence-corrected chi connectivity index (χ2v) is 7.49. The molecule has 0 spiro atoms. The fourth-order valence-electron chi connectivity index (χ4n) is 3.50. The van der Waals surface area contributed by atoms with E-state index in [0.29, 0.717) is 39.5 Å². The van der Waals surface area contributed by atoms with Gasteiger partial charge >= 0.3 is 0 Å². The van der Waals surface area contributed by atoms with Crippen molar-refractivity contribution in [2.24, 2.45) is 16.5 Å². The smallest absolute Gasteiger partial charge is 0.166 e. The molecular weight excluding hydrogens is 414 g/mol. The van der Waals surface area contributed by atoms with Gasteiger partial charge < -0.3 is 27.3 Å². The van der Waals surface area contributed by atoms with E-state index < -0.39 is 18.6 Å². The number of benzene rings is 1. The maximum absolute atomic E-state index is 14.2. The van der Waals surface area contributed by atoms with Gasteiger partial charge in [0.2, 0.25) is 0 Å². The van der Waals surface area contributed by atoms with Crippen LogP contribution < -0.4 is 27.3 Å². The second-order valence-electron chi connectivity index (χ2n) is 7.49. The van der Waals surface area contributed by atoms with Crippen LogP contribution in [0.5, 0.6) is 5.75 Å². The molecular formula is C23H28F2N6O. The third kappa shape index (κ3) is 5.23. The standard InChI is InChI=1S/C23H28F2N6O/c1-13(27)7-20-18-4-3-17(25)9-19(18)14(2)32-21-8-15(11-31-23(21)28)22(29-6-5-24)16(10-26)12-30-20/h3-4,7-9,11,14,29H,5-6,10,12,26-27H2,1-2H3,(H2,28,31)/b13-7?,22-16+,30-20?. The van der Waals surface area contributed by atoms with Gasteiger partial charge in [-0.2, -0.15) is 0 Å². The van der Waals surface area contributed by atoms with Crippen LogP contribution in [0.2, 0.25) is 0 Å². The molecule has 1 aliphatic heterocycles. The number of pyridine rings is 1. The van der Waals surface area contributed by atoms with Crippen molar-refractivity contribution in [2.45, 2.75) is 20.0 Å². The van der Waals surface area contributed by atoms with E-state index >= 15 is 0 Å². The molecule has 1 aliphatic rings. The second kappa shape index (κ2) is 10.2. The molecule has 2 aromatic rings. The van der Waals surface area contributed by atoms with Gasteiger partial charge in [-0.1, -0.05) is 0 Å². The maximum Gasteiger partial charge on any atom is 0.166 e.